The molecule has 0 radical (unpaired) electrons. The zero-order chi connectivity index (χ0) is 24.9. The maximum Gasteiger partial charge on any atom is 0.341 e. The Balaban J connectivity index is 1.32. The smallest absolute Gasteiger partial charge is 0.341 e. The predicted octanol–water partition coefficient (Wildman–Crippen LogP) is 4.89. The molecule has 0 aliphatic heterocycles. The van der Waals surface area contributed by atoms with Crippen LogP contribution in [0.1, 0.15) is 87.5 Å². The molecule has 0 bridgehead atoms. The number of ether oxygens (including phenoxy) is 2. The van der Waals surface area contributed by atoms with Crippen LogP contribution in [0.2, 0.25) is 0 Å². The van der Waals surface area contributed by atoms with Gasteiger partial charge in [-0.3, -0.25) is 9.59 Å². The third kappa shape index (κ3) is 5.59. The highest BCUT2D eigenvalue weighted by atomic mass is 32.1. The highest BCUT2D eigenvalue weighted by molar-refractivity contribution is 7.17. The van der Waals surface area contributed by atoms with Crippen LogP contribution in [0.5, 0.6) is 0 Å². The van der Waals surface area contributed by atoms with E-state index in [1.54, 1.807) is 13.8 Å². The summed E-state index contributed by atoms with van der Waals surface area (Å²) in [6.45, 7) is 4.06. The van der Waals surface area contributed by atoms with Gasteiger partial charge in [0.1, 0.15) is 10.0 Å². The van der Waals surface area contributed by atoms with E-state index in [0.717, 1.165) is 59.4 Å². The average Bonchev–Trinajstić information content (AvgIpc) is 3.55. The molecule has 188 valence electrons. The summed E-state index contributed by atoms with van der Waals surface area (Å²) >= 11 is 2.88. The van der Waals surface area contributed by atoms with Gasteiger partial charge >= 0.3 is 11.9 Å². The van der Waals surface area contributed by atoms with Gasteiger partial charge in [-0.2, -0.15) is 0 Å². The number of anilines is 2. The van der Waals surface area contributed by atoms with Crippen LogP contribution < -0.4 is 10.6 Å². The van der Waals surface area contributed by atoms with Gasteiger partial charge in [-0.15, -0.1) is 22.7 Å². The molecule has 2 aliphatic carbocycles. The molecule has 0 saturated carbocycles. The Labute approximate surface area is 212 Å². The molecule has 0 fully saturated rings. The van der Waals surface area contributed by atoms with Gasteiger partial charge in [0.25, 0.3) is 0 Å². The quantitative estimate of drug-likeness (QED) is 0.434. The van der Waals surface area contributed by atoms with E-state index in [2.05, 4.69) is 10.6 Å². The number of carbonyl (C=O) groups excluding carboxylic acids is 4. The number of fused-ring (bicyclic) bond motifs is 2. The van der Waals surface area contributed by atoms with Crippen molar-refractivity contribution in [2.24, 2.45) is 0 Å². The first kappa shape index (κ1) is 25.4. The van der Waals surface area contributed by atoms with E-state index in [0.29, 0.717) is 27.5 Å². The standard InChI is InChI=1S/C25H30N2O6S2/c1-3-32-24(30)20-14-8-5-10-16(14)34-22(20)26-18(28)12-7-13-19(29)27-23-21(25(31)33-4-2)15-9-6-11-17(15)35-23/h3-13H2,1-2H3,(H,26,28)(H,27,29). The van der Waals surface area contributed by atoms with Crippen LogP contribution in [0, 0.1) is 0 Å². The van der Waals surface area contributed by atoms with Gasteiger partial charge in [0.05, 0.1) is 24.3 Å². The molecule has 2 N–H and O–H groups in total. The lowest BCUT2D eigenvalue weighted by Gasteiger charge is -2.09. The number of rotatable bonds is 10. The minimum atomic E-state index is -0.401. The number of hydrogen-bond acceptors (Lipinski definition) is 8. The second-order valence-corrected chi connectivity index (χ2v) is 10.7. The number of hydrogen-bond donors (Lipinski definition) is 2. The molecular weight excluding hydrogens is 488 g/mol. The molecule has 0 spiro atoms. The van der Waals surface area contributed by atoms with Crippen molar-refractivity contribution in [1.82, 2.24) is 0 Å². The van der Waals surface area contributed by atoms with Crippen molar-refractivity contribution < 1.29 is 28.7 Å². The van der Waals surface area contributed by atoms with Crippen molar-refractivity contribution in [3.05, 3.63) is 32.0 Å². The van der Waals surface area contributed by atoms with E-state index in [-0.39, 0.29) is 37.9 Å². The van der Waals surface area contributed by atoms with Crippen molar-refractivity contribution in [1.29, 1.82) is 0 Å². The molecule has 2 aliphatic rings. The molecule has 10 heteroatoms. The van der Waals surface area contributed by atoms with Gasteiger partial charge in [-0.05, 0) is 69.9 Å². The van der Waals surface area contributed by atoms with E-state index in [1.807, 2.05) is 0 Å². The summed E-state index contributed by atoms with van der Waals surface area (Å²) in [6.07, 6.45) is 6.08. The van der Waals surface area contributed by atoms with Gasteiger partial charge in [-0.1, -0.05) is 0 Å². The van der Waals surface area contributed by atoms with Crippen LogP contribution in [-0.2, 0) is 44.7 Å². The average molecular weight is 519 g/mol. The van der Waals surface area contributed by atoms with Crippen LogP contribution in [0.15, 0.2) is 0 Å². The molecular formula is C25H30N2O6S2. The van der Waals surface area contributed by atoms with Crippen LogP contribution in [0.25, 0.3) is 0 Å². The number of amides is 2. The summed E-state index contributed by atoms with van der Waals surface area (Å²) in [5.41, 5.74) is 2.94. The molecule has 0 atom stereocenters. The summed E-state index contributed by atoms with van der Waals surface area (Å²) in [7, 11) is 0. The van der Waals surface area contributed by atoms with Gasteiger partial charge in [0.2, 0.25) is 11.8 Å². The molecule has 2 heterocycles. The van der Waals surface area contributed by atoms with E-state index in [9.17, 15) is 19.2 Å². The first-order valence-electron chi connectivity index (χ1n) is 12.2. The van der Waals surface area contributed by atoms with Crippen molar-refractivity contribution in [2.75, 3.05) is 23.8 Å². The number of esters is 2. The third-order valence-corrected chi connectivity index (χ3v) is 8.53. The highest BCUT2D eigenvalue weighted by Crippen LogP contribution is 2.40. The Bertz CT molecular complexity index is 1060. The van der Waals surface area contributed by atoms with Crippen molar-refractivity contribution in [3.8, 4) is 0 Å². The Morgan fingerprint density at radius 1 is 0.714 bits per heavy atom. The first-order chi connectivity index (χ1) is 16.9. The summed E-state index contributed by atoms with van der Waals surface area (Å²) < 4.78 is 10.4. The van der Waals surface area contributed by atoms with Crippen LogP contribution >= 0.6 is 22.7 Å². The lowest BCUT2D eigenvalue weighted by Crippen LogP contribution is -2.17. The lowest BCUT2D eigenvalue weighted by molar-refractivity contribution is -0.117. The predicted molar refractivity (Wildman–Crippen MR) is 136 cm³/mol. The molecule has 8 nitrogen and oxygen atoms in total. The van der Waals surface area contributed by atoms with Crippen molar-refractivity contribution >= 4 is 56.4 Å². The summed E-state index contributed by atoms with van der Waals surface area (Å²) in [5, 5.41) is 6.78. The van der Waals surface area contributed by atoms with E-state index in [4.69, 9.17) is 9.47 Å². The molecule has 0 unspecified atom stereocenters. The first-order valence-corrected chi connectivity index (χ1v) is 13.8. The monoisotopic (exact) mass is 518 g/mol. The topological polar surface area (TPSA) is 111 Å². The summed E-state index contributed by atoms with van der Waals surface area (Å²) in [5.74, 6) is -1.29. The minimum absolute atomic E-state index is 0.143. The zero-order valence-corrected chi connectivity index (χ0v) is 21.7. The van der Waals surface area contributed by atoms with Crippen molar-refractivity contribution in [2.45, 2.75) is 71.6 Å². The fourth-order valence-corrected chi connectivity index (χ4v) is 7.20. The number of thiophene rings is 2. The molecule has 2 aromatic rings. The second-order valence-electron chi connectivity index (χ2n) is 8.51. The zero-order valence-electron chi connectivity index (χ0n) is 20.0. The van der Waals surface area contributed by atoms with E-state index >= 15 is 0 Å². The van der Waals surface area contributed by atoms with Crippen LogP contribution in [-0.4, -0.2) is 37.0 Å². The Kier molecular flexibility index (Phi) is 8.22. The van der Waals surface area contributed by atoms with Crippen LogP contribution in [0.4, 0.5) is 10.0 Å². The fourth-order valence-electron chi connectivity index (χ4n) is 4.61. The number of carbonyl (C=O) groups is 4. The Hall–Kier alpha value is -2.72. The van der Waals surface area contributed by atoms with Gasteiger partial charge in [0.15, 0.2) is 0 Å². The van der Waals surface area contributed by atoms with Crippen LogP contribution in [0.3, 0.4) is 0 Å². The minimum Gasteiger partial charge on any atom is -0.462 e. The maximum absolute atomic E-state index is 12.6. The Morgan fingerprint density at radius 2 is 1.14 bits per heavy atom. The van der Waals surface area contributed by atoms with Gasteiger partial charge in [-0.25, -0.2) is 9.59 Å². The molecule has 2 aromatic heterocycles. The van der Waals surface area contributed by atoms with Gasteiger partial charge in [0, 0.05) is 22.6 Å². The number of aryl methyl sites for hydroxylation is 2. The van der Waals surface area contributed by atoms with Crippen molar-refractivity contribution in [3.63, 3.8) is 0 Å². The number of nitrogens with one attached hydrogen (secondary N) is 2. The summed E-state index contributed by atoms with van der Waals surface area (Å²) in [6, 6.07) is 0. The highest BCUT2D eigenvalue weighted by Gasteiger charge is 2.29. The van der Waals surface area contributed by atoms with Gasteiger partial charge < -0.3 is 20.1 Å². The molecule has 0 aromatic carbocycles. The third-order valence-electron chi connectivity index (χ3n) is 6.12. The second kappa shape index (κ2) is 11.3. The molecule has 2 amide bonds. The molecule has 0 saturated heterocycles. The lowest BCUT2D eigenvalue weighted by atomic mass is 10.1. The van der Waals surface area contributed by atoms with E-state index in [1.165, 1.54) is 22.7 Å². The van der Waals surface area contributed by atoms with E-state index < -0.39 is 11.9 Å². The normalized spacial score (nSPS) is 13.8. The fraction of sp³-hybridized carbons (Fsp3) is 0.520. The largest absolute Gasteiger partial charge is 0.462 e. The molecule has 4 rings (SSSR count). The maximum atomic E-state index is 12.6. The SMILES string of the molecule is CCOC(=O)c1c(NC(=O)CCCC(=O)Nc2sc3c(c2C(=O)OCC)CCC3)sc2c1CCC2. The summed E-state index contributed by atoms with van der Waals surface area (Å²) in [4.78, 5) is 52.3. The Morgan fingerprint density at radius 3 is 1.54 bits per heavy atom. The molecule has 35 heavy (non-hydrogen) atoms.